The minimum absolute atomic E-state index is 0.549. The minimum atomic E-state index is -1.98. The van der Waals surface area contributed by atoms with E-state index in [0.29, 0.717) is 0 Å². The van der Waals surface area contributed by atoms with Crippen LogP contribution in [0.25, 0.3) is 16.7 Å². The minimum Gasteiger partial charge on any atom is -0.113 e. The molecule has 39 heavy (non-hydrogen) atoms. The summed E-state index contributed by atoms with van der Waals surface area (Å²) in [7, 11) is -3.95. The molecule has 5 rings (SSSR count). The second-order valence-corrected chi connectivity index (χ2v) is 23.6. The topological polar surface area (TPSA) is 0 Å². The fourth-order valence-electron chi connectivity index (χ4n) is 5.70. The Kier molecular flexibility index (Phi) is 7.35. The van der Waals surface area contributed by atoms with Gasteiger partial charge >= 0.3 is 0 Å². The molecule has 3 heteroatoms. The number of benzene rings is 4. The molecule has 0 nitrogen and oxygen atoms in total. The van der Waals surface area contributed by atoms with Gasteiger partial charge in [-0.05, 0) is 44.2 Å². The first-order valence-electron chi connectivity index (χ1n) is 13.7. The van der Waals surface area contributed by atoms with Gasteiger partial charge in [0.25, 0.3) is 0 Å². The summed E-state index contributed by atoms with van der Waals surface area (Å²) in [6.07, 6.45) is 0. The van der Waals surface area contributed by atoms with Crippen LogP contribution in [-0.4, -0.2) is 16.1 Å². The molecule has 0 spiro atoms. The van der Waals surface area contributed by atoms with Gasteiger partial charge in [-0.25, -0.2) is 0 Å². The second kappa shape index (κ2) is 10.4. The Hall–Kier alpha value is -3.14. The van der Waals surface area contributed by atoms with Crippen LogP contribution in [0.3, 0.4) is 0 Å². The molecule has 4 aromatic carbocycles. The summed E-state index contributed by atoms with van der Waals surface area (Å²) in [5, 5.41) is 1.32. The van der Waals surface area contributed by atoms with E-state index in [1.807, 2.05) is 0 Å². The van der Waals surface area contributed by atoms with E-state index >= 15 is 0 Å². The van der Waals surface area contributed by atoms with Crippen LogP contribution < -0.4 is 0 Å². The molecule has 0 N–H and O–H groups in total. The van der Waals surface area contributed by atoms with Crippen molar-refractivity contribution in [3.05, 3.63) is 154 Å². The fraction of sp³-hybridized carbons (Fsp3) is 0.194. The Morgan fingerprint density at radius 1 is 0.615 bits per heavy atom. The number of allylic oxidation sites excluding steroid dienone is 3. The fourth-order valence-corrected chi connectivity index (χ4v) is 9.62. The lowest BCUT2D eigenvalue weighted by atomic mass is 9.96. The average molecular weight is 561 g/mol. The lowest BCUT2D eigenvalue weighted by Gasteiger charge is -2.39. The van der Waals surface area contributed by atoms with Gasteiger partial charge in [0.15, 0.2) is 0 Å². The third-order valence-corrected chi connectivity index (χ3v) is 14.2. The second-order valence-electron chi connectivity index (χ2n) is 12.4. The molecular formula is C36H37ClSi2. The molecule has 0 aromatic heterocycles. The first-order chi connectivity index (χ1) is 18.5. The summed E-state index contributed by atoms with van der Waals surface area (Å²) < 4.78 is -0.549. The monoisotopic (exact) mass is 560 g/mol. The molecule has 0 aliphatic heterocycles. The standard InChI is InChI=1S/C36H37ClSi2/c1-38(2,3)33(26-31(27-18-10-7-11-19-27)28-20-12-8-13-21-28)34-30-24-16-17-25-32(30)36(37,39(4,5)6)35(34)29-22-14-9-15-23-29/h7-25H,1-6H3. The zero-order valence-corrected chi connectivity index (χ0v) is 26.6. The van der Waals surface area contributed by atoms with E-state index in [9.17, 15) is 0 Å². The van der Waals surface area contributed by atoms with E-state index < -0.39 is 20.6 Å². The quantitative estimate of drug-likeness (QED) is 0.125. The van der Waals surface area contributed by atoms with Gasteiger partial charge in [0, 0.05) is 5.57 Å². The number of alkyl halides is 1. The molecular weight excluding hydrogens is 524 g/mol. The third-order valence-electron chi connectivity index (χ3n) is 7.63. The number of hydrogen-bond acceptors (Lipinski definition) is 0. The molecule has 196 valence electrons. The molecule has 0 bridgehead atoms. The maximum absolute atomic E-state index is 8.01. The van der Waals surface area contributed by atoms with E-state index in [1.54, 1.807) is 0 Å². The van der Waals surface area contributed by atoms with Gasteiger partial charge in [-0.2, -0.15) is 0 Å². The number of rotatable bonds is 6. The highest BCUT2D eigenvalue weighted by Gasteiger charge is 2.53. The van der Waals surface area contributed by atoms with Crippen molar-refractivity contribution >= 4 is 44.5 Å². The van der Waals surface area contributed by atoms with Gasteiger partial charge in [0.05, 0.1) is 20.6 Å². The Morgan fingerprint density at radius 3 is 1.56 bits per heavy atom. The summed E-state index contributed by atoms with van der Waals surface area (Å²) >= 11 is 8.01. The summed E-state index contributed by atoms with van der Waals surface area (Å²) in [4.78, 5) is 0. The molecule has 0 radical (unpaired) electrons. The zero-order chi connectivity index (χ0) is 27.8. The first-order valence-corrected chi connectivity index (χ1v) is 21.1. The molecule has 4 aromatic rings. The predicted octanol–water partition coefficient (Wildman–Crippen LogP) is 10.5. The highest BCUT2D eigenvalue weighted by Crippen LogP contribution is 2.60. The third kappa shape index (κ3) is 4.99. The van der Waals surface area contributed by atoms with E-state index in [2.05, 4.69) is 160 Å². The summed E-state index contributed by atoms with van der Waals surface area (Å²) in [5.74, 6) is 0. The smallest absolute Gasteiger partial charge is 0.0884 e. The Labute approximate surface area is 241 Å². The average Bonchev–Trinajstić information content (AvgIpc) is 3.19. The molecule has 0 saturated carbocycles. The van der Waals surface area contributed by atoms with Crippen molar-refractivity contribution in [1.29, 1.82) is 0 Å². The van der Waals surface area contributed by atoms with Crippen LogP contribution in [0.15, 0.2) is 126 Å². The van der Waals surface area contributed by atoms with Crippen molar-refractivity contribution in [3.63, 3.8) is 0 Å². The van der Waals surface area contributed by atoms with Crippen LogP contribution in [0.1, 0.15) is 27.8 Å². The van der Waals surface area contributed by atoms with Crippen LogP contribution in [-0.2, 0) is 4.50 Å². The number of fused-ring (bicyclic) bond motifs is 1. The van der Waals surface area contributed by atoms with E-state index in [4.69, 9.17) is 11.6 Å². The van der Waals surface area contributed by atoms with Gasteiger partial charge in [-0.15, -0.1) is 17.3 Å². The number of halogens is 1. The van der Waals surface area contributed by atoms with Crippen molar-refractivity contribution in [2.45, 2.75) is 43.8 Å². The van der Waals surface area contributed by atoms with Gasteiger partial charge in [0.2, 0.25) is 0 Å². The van der Waals surface area contributed by atoms with Crippen molar-refractivity contribution in [3.8, 4) is 0 Å². The largest absolute Gasteiger partial charge is 0.113 e. The van der Waals surface area contributed by atoms with Gasteiger partial charge in [0.1, 0.15) is 0 Å². The SMILES string of the molecule is C[Si](C)(C)C(=C=C(c1ccccc1)c1ccccc1)C1=C(c2ccccc2)C(Cl)([Si](C)(C)C)c2ccccc21. The van der Waals surface area contributed by atoms with Crippen molar-refractivity contribution in [2.24, 2.45) is 0 Å². The molecule has 0 amide bonds. The van der Waals surface area contributed by atoms with Gasteiger partial charge < -0.3 is 0 Å². The highest BCUT2D eigenvalue weighted by atomic mass is 35.5. The maximum Gasteiger partial charge on any atom is 0.0884 e. The lowest BCUT2D eigenvalue weighted by molar-refractivity contribution is 1.07. The summed E-state index contributed by atoms with van der Waals surface area (Å²) in [5.41, 5.74) is 13.8. The number of hydrogen-bond donors (Lipinski definition) is 0. The first kappa shape index (κ1) is 27.4. The van der Waals surface area contributed by atoms with E-state index in [0.717, 1.165) is 5.57 Å². The van der Waals surface area contributed by atoms with Crippen LogP contribution in [0.4, 0.5) is 0 Å². The zero-order valence-electron chi connectivity index (χ0n) is 23.8. The Bertz CT molecular complexity index is 1540. The van der Waals surface area contributed by atoms with Crippen LogP contribution in [0.2, 0.25) is 39.3 Å². The van der Waals surface area contributed by atoms with Crippen molar-refractivity contribution in [2.75, 3.05) is 0 Å². The Morgan fingerprint density at radius 2 is 1.08 bits per heavy atom. The van der Waals surface area contributed by atoms with E-state index in [1.165, 1.54) is 44.2 Å². The van der Waals surface area contributed by atoms with Crippen LogP contribution in [0, 0.1) is 0 Å². The molecule has 1 aliphatic rings. The van der Waals surface area contributed by atoms with Crippen molar-refractivity contribution in [1.82, 2.24) is 0 Å². The van der Waals surface area contributed by atoms with Gasteiger partial charge in [-0.1, -0.05) is 155 Å². The summed E-state index contributed by atoms with van der Waals surface area (Å²) in [6.45, 7) is 14.5. The predicted molar refractivity (Wildman–Crippen MR) is 176 cm³/mol. The highest BCUT2D eigenvalue weighted by molar-refractivity contribution is 6.90. The molecule has 0 heterocycles. The maximum atomic E-state index is 8.01. The molecule has 0 saturated heterocycles. The molecule has 1 atom stereocenters. The van der Waals surface area contributed by atoms with Crippen LogP contribution in [0.5, 0.6) is 0 Å². The van der Waals surface area contributed by atoms with Gasteiger partial charge in [-0.3, -0.25) is 0 Å². The van der Waals surface area contributed by atoms with Crippen molar-refractivity contribution < 1.29 is 0 Å². The summed E-state index contributed by atoms with van der Waals surface area (Å²) in [6, 6.07) is 41.1. The van der Waals surface area contributed by atoms with E-state index in [-0.39, 0.29) is 0 Å². The normalized spacial score (nSPS) is 17.0. The Balaban J connectivity index is 2.01. The molecule has 0 fully saturated rings. The molecule has 1 unspecified atom stereocenters. The lowest BCUT2D eigenvalue weighted by Crippen LogP contribution is -2.45. The van der Waals surface area contributed by atoms with Crippen LogP contribution >= 0.6 is 11.6 Å². The molecule has 1 aliphatic carbocycles.